The molecule has 1 aromatic carbocycles. The van der Waals surface area contributed by atoms with Gasteiger partial charge in [-0.1, -0.05) is 0 Å². The van der Waals surface area contributed by atoms with Crippen molar-refractivity contribution in [3.05, 3.63) is 34.6 Å². The molecular formula is C16H15NO4. The fraction of sp³-hybridized carbons (Fsp3) is 0.250. The van der Waals surface area contributed by atoms with Crippen LogP contribution >= 0.6 is 0 Å². The average Bonchev–Trinajstić information content (AvgIpc) is 2.94. The molecule has 21 heavy (non-hydrogen) atoms. The van der Waals surface area contributed by atoms with Crippen molar-refractivity contribution in [2.75, 3.05) is 11.9 Å². The van der Waals surface area contributed by atoms with Crippen molar-refractivity contribution in [3.63, 3.8) is 0 Å². The number of benzene rings is 1. The second-order valence-electron chi connectivity index (χ2n) is 5.11. The number of hydrogen-bond donors (Lipinski definition) is 1. The fourth-order valence-corrected chi connectivity index (χ4v) is 2.69. The molecule has 0 unspecified atom stereocenters. The molecule has 1 aromatic heterocycles. The van der Waals surface area contributed by atoms with E-state index in [1.54, 1.807) is 12.1 Å². The van der Waals surface area contributed by atoms with E-state index in [1.165, 1.54) is 0 Å². The van der Waals surface area contributed by atoms with Crippen LogP contribution in [0, 0.1) is 20.8 Å². The molecular weight excluding hydrogens is 270 g/mol. The molecule has 3 rings (SSSR count). The number of ether oxygens (including phenoxy) is 1. The van der Waals surface area contributed by atoms with Crippen LogP contribution in [0.15, 0.2) is 16.5 Å². The lowest BCUT2D eigenvalue weighted by Crippen LogP contribution is -2.27. The number of furan rings is 1. The number of nitrogens with one attached hydrogen (secondary N) is 1. The Kier molecular flexibility index (Phi) is 3.05. The highest BCUT2D eigenvalue weighted by atomic mass is 16.5. The van der Waals surface area contributed by atoms with Crippen LogP contribution in [0.5, 0.6) is 5.75 Å². The van der Waals surface area contributed by atoms with E-state index < -0.39 is 0 Å². The van der Waals surface area contributed by atoms with E-state index in [0.717, 1.165) is 22.3 Å². The predicted molar refractivity (Wildman–Crippen MR) is 77.9 cm³/mol. The molecule has 1 N–H and O–H groups in total. The van der Waals surface area contributed by atoms with Crippen LogP contribution in [0.25, 0.3) is 11.3 Å². The summed E-state index contributed by atoms with van der Waals surface area (Å²) in [6.45, 7) is 5.85. The summed E-state index contributed by atoms with van der Waals surface area (Å²) in [5.41, 5.74) is 4.38. The van der Waals surface area contributed by atoms with Crippen LogP contribution in [-0.4, -0.2) is 18.8 Å². The van der Waals surface area contributed by atoms with E-state index in [2.05, 4.69) is 5.32 Å². The Balaban J connectivity index is 2.26. The molecule has 108 valence electrons. The van der Waals surface area contributed by atoms with E-state index in [-0.39, 0.29) is 18.3 Å². The molecule has 0 spiro atoms. The molecule has 0 radical (unpaired) electrons. The van der Waals surface area contributed by atoms with Gasteiger partial charge in [0.2, 0.25) is 0 Å². The minimum atomic E-state index is -0.173. The third-order valence-electron chi connectivity index (χ3n) is 3.86. The van der Waals surface area contributed by atoms with Gasteiger partial charge < -0.3 is 14.5 Å². The topological polar surface area (TPSA) is 68.5 Å². The van der Waals surface area contributed by atoms with Crippen LogP contribution in [0.1, 0.15) is 27.2 Å². The summed E-state index contributed by atoms with van der Waals surface area (Å²) in [4.78, 5) is 22.4. The van der Waals surface area contributed by atoms with Crippen molar-refractivity contribution >= 4 is 17.9 Å². The quantitative estimate of drug-likeness (QED) is 0.861. The van der Waals surface area contributed by atoms with Crippen LogP contribution in [0.4, 0.5) is 5.69 Å². The fourth-order valence-electron chi connectivity index (χ4n) is 2.69. The Bertz CT molecular complexity index is 758. The van der Waals surface area contributed by atoms with E-state index in [4.69, 9.17) is 9.15 Å². The van der Waals surface area contributed by atoms with E-state index in [0.29, 0.717) is 23.5 Å². The van der Waals surface area contributed by atoms with Gasteiger partial charge in [-0.25, -0.2) is 0 Å². The average molecular weight is 285 g/mol. The van der Waals surface area contributed by atoms with E-state index in [1.807, 2.05) is 20.8 Å². The zero-order chi connectivity index (χ0) is 15.1. The van der Waals surface area contributed by atoms with Gasteiger partial charge in [0.1, 0.15) is 11.5 Å². The van der Waals surface area contributed by atoms with E-state index >= 15 is 0 Å². The van der Waals surface area contributed by atoms with Crippen LogP contribution in [-0.2, 0) is 4.79 Å². The number of aldehydes is 1. The molecule has 0 bridgehead atoms. The lowest BCUT2D eigenvalue weighted by Gasteiger charge is -2.25. The highest BCUT2D eigenvalue weighted by molar-refractivity contribution is 5.98. The van der Waals surface area contributed by atoms with Gasteiger partial charge in [-0.3, -0.25) is 9.59 Å². The minimum absolute atomic E-state index is 0.0299. The van der Waals surface area contributed by atoms with Crippen molar-refractivity contribution in [2.24, 2.45) is 0 Å². The molecule has 2 aromatic rings. The molecule has 0 saturated carbocycles. The highest BCUT2D eigenvalue weighted by Crippen LogP contribution is 2.43. The Hall–Kier alpha value is -2.56. The van der Waals surface area contributed by atoms with Gasteiger partial charge in [-0.15, -0.1) is 0 Å². The van der Waals surface area contributed by atoms with Gasteiger partial charge in [0.25, 0.3) is 5.91 Å². The molecule has 0 saturated heterocycles. The number of anilines is 1. The largest absolute Gasteiger partial charge is 0.481 e. The molecule has 5 heteroatoms. The standard InChI is InChI=1S/C16H15NO4/c1-8-9(2)16-15(17-13(19)7-20-16)10(3)14(8)12-5-4-11(6-18)21-12/h4-6H,7H2,1-3H3,(H,17,19). The molecule has 1 aliphatic heterocycles. The zero-order valence-corrected chi connectivity index (χ0v) is 12.1. The van der Waals surface area contributed by atoms with Gasteiger partial charge >= 0.3 is 0 Å². The summed E-state index contributed by atoms with van der Waals surface area (Å²) in [5.74, 6) is 1.42. The molecule has 1 aliphatic rings. The lowest BCUT2D eigenvalue weighted by molar-refractivity contribution is -0.118. The number of fused-ring (bicyclic) bond motifs is 1. The highest BCUT2D eigenvalue weighted by Gasteiger charge is 2.25. The van der Waals surface area contributed by atoms with Crippen LogP contribution in [0.3, 0.4) is 0 Å². The predicted octanol–water partition coefficient (Wildman–Crippen LogP) is 3.02. The van der Waals surface area contributed by atoms with Gasteiger partial charge in [0.05, 0.1) is 5.69 Å². The Labute approximate surface area is 121 Å². The first-order valence-electron chi connectivity index (χ1n) is 6.64. The van der Waals surface area contributed by atoms with Crippen molar-refractivity contribution in [3.8, 4) is 17.1 Å². The number of carbonyl (C=O) groups excluding carboxylic acids is 2. The van der Waals surface area contributed by atoms with Gasteiger partial charge in [-0.2, -0.15) is 0 Å². The molecule has 0 aliphatic carbocycles. The monoisotopic (exact) mass is 285 g/mol. The molecule has 5 nitrogen and oxygen atoms in total. The first-order chi connectivity index (χ1) is 10.0. The maximum Gasteiger partial charge on any atom is 0.262 e. The van der Waals surface area contributed by atoms with Crippen molar-refractivity contribution in [2.45, 2.75) is 20.8 Å². The summed E-state index contributed by atoms with van der Waals surface area (Å²) < 4.78 is 11.1. The number of rotatable bonds is 2. The summed E-state index contributed by atoms with van der Waals surface area (Å²) in [5, 5.41) is 2.85. The normalized spacial score (nSPS) is 13.4. The second-order valence-corrected chi connectivity index (χ2v) is 5.11. The summed E-state index contributed by atoms with van der Waals surface area (Å²) in [6.07, 6.45) is 0.671. The van der Waals surface area contributed by atoms with Crippen molar-refractivity contribution in [1.82, 2.24) is 0 Å². The minimum Gasteiger partial charge on any atom is -0.481 e. The Morgan fingerprint density at radius 2 is 1.90 bits per heavy atom. The lowest BCUT2D eigenvalue weighted by atomic mass is 9.93. The van der Waals surface area contributed by atoms with Crippen LogP contribution in [0.2, 0.25) is 0 Å². The summed E-state index contributed by atoms with van der Waals surface area (Å²) in [6, 6.07) is 3.39. The third-order valence-corrected chi connectivity index (χ3v) is 3.86. The Morgan fingerprint density at radius 3 is 2.57 bits per heavy atom. The van der Waals surface area contributed by atoms with Crippen molar-refractivity contribution in [1.29, 1.82) is 0 Å². The maximum atomic E-state index is 11.6. The SMILES string of the molecule is Cc1c(C)c(-c2ccc(C=O)o2)c(C)c2c1OCC(=O)N2. The van der Waals surface area contributed by atoms with Gasteiger partial charge in [-0.05, 0) is 49.6 Å². The smallest absolute Gasteiger partial charge is 0.262 e. The van der Waals surface area contributed by atoms with E-state index in [9.17, 15) is 9.59 Å². The number of carbonyl (C=O) groups is 2. The van der Waals surface area contributed by atoms with Gasteiger partial charge in [0, 0.05) is 5.56 Å². The molecule has 0 fully saturated rings. The van der Waals surface area contributed by atoms with Gasteiger partial charge in [0.15, 0.2) is 18.7 Å². The van der Waals surface area contributed by atoms with Crippen molar-refractivity contribution < 1.29 is 18.7 Å². The summed E-state index contributed by atoms with van der Waals surface area (Å²) in [7, 11) is 0. The van der Waals surface area contributed by atoms with Crippen LogP contribution < -0.4 is 10.1 Å². The molecule has 0 atom stereocenters. The summed E-state index contributed by atoms with van der Waals surface area (Å²) >= 11 is 0. The first-order valence-corrected chi connectivity index (χ1v) is 6.64. The zero-order valence-electron chi connectivity index (χ0n) is 12.1. The number of hydrogen-bond acceptors (Lipinski definition) is 4. The maximum absolute atomic E-state index is 11.6. The number of amides is 1. The first kappa shape index (κ1) is 13.4. The Morgan fingerprint density at radius 1 is 1.14 bits per heavy atom. The third kappa shape index (κ3) is 2.01. The molecule has 1 amide bonds. The second kappa shape index (κ2) is 4.77. The molecule has 2 heterocycles.